The molecule has 6 nitrogen and oxygen atoms in total. The maximum atomic E-state index is 11.8. The van der Waals surface area contributed by atoms with Crippen LogP contribution in [0.1, 0.15) is 63.1 Å². The van der Waals surface area contributed by atoms with E-state index < -0.39 is 11.4 Å². The maximum absolute atomic E-state index is 11.8. The van der Waals surface area contributed by atoms with Crippen LogP contribution in [0.4, 0.5) is 0 Å². The Morgan fingerprint density at radius 2 is 1.95 bits per heavy atom. The lowest BCUT2D eigenvalue weighted by molar-refractivity contribution is -0.151. The highest BCUT2D eigenvalue weighted by atomic mass is 16.4. The molecule has 1 N–H and O–H groups in total. The Kier molecular flexibility index (Phi) is 3.24. The van der Waals surface area contributed by atoms with Crippen molar-refractivity contribution < 1.29 is 9.90 Å². The summed E-state index contributed by atoms with van der Waals surface area (Å²) in [6.45, 7) is 0.432. The molecule has 0 unspecified atom stereocenters. The Morgan fingerprint density at radius 3 is 2.53 bits per heavy atom. The Balaban J connectivity index is 1.83. The first kappa shape index (κ1) is 12.6. The van der Waals surface area contributed by atoms with E-state index in [4.69, 9.17) is 0 Å². The lowest BCUT2D eigenvalue weighted by atomic mass is 9.80. The van der Waals surface area contributed by atoms with Crippen LogP contribution in [0.25, 0.3) is 0 Å². The zero-order valence-corrected chi connectivity index (χ0v) is 11.1. The topological polar surface area (TPSA) is 80.9 Å². The molecule has 2 aliphatic carbocycles. The summed E-state index contributed by atoms with van der Waals surface area (Å²) in [6.07, 6.45) is 8.00. The van der Waals surface area contributed by atoms with Gasteiger partial charge in [-0.25, -0.2) is 4.68 Å². The molecule has 2 aliphatic rings. The first-order valence-corrected chi connectivity index (χ1v) is 7.21. The number of nitrogens with zero attached hydrogens (tertiary/aromatic N) is 4. The van der Waals surface area contributed by atoms with E-state index in [1.165, 1.54) is 0 Å². The molecular formula is C13H20N4O2. The van der Waals surface area contributed by atoms with Crippen LogP contribution < -0.4 is 0 Å². The van der Waals surface area contributed by atoms with Gasteiger partial charge in [0.05, 0.1) is 12.0 Å². The molecule has 2 fully saturated rings. The Hall–Kier alpha value is -1.46. The zero-order valence-electron chi connectivity index (χ0n) is 11.1. The minimum Gasteiger partial charge on any atom is -0.481 e. The Labute approximate surface area is 112 Å². The number of carboxylic acid groups (broad SMARTS) is 1. The second kappa shape index (κ2) is 4.90. The summed E-state index contributed by atoms with van der Waals surface area (Å²) in [5, 5.41) is 21.5. The molecule has 0 amide bonds. The second-order valence-electron chi connectivity index (χ2n) is 5.97. The van der Waals surface area contributed by atoms with Gasteiger partial charge < -0.3 is 5.11 Å². The minimum atomic E-state index is -0.688. The monoisotopic (exact) mass is 264 g/mol. The van der Waals surface area contributed by atoms with Gasteiger partial charge in [-0.15, -0.1) is 5.10 Å². The fourth-order valence-corrected chi connectivity index (χ4v) is 3.09. The number of aromatic nitrogens is 4. The van der Waals surface area contributed by atoms with Crippen LogP contribution in [0.5, 0.6) is 0 Å². The highest BCUT2D eigenvalue weighted by Gasteiger charge is 2.41. The third-order valence-electron chi connectivity index (χ3n) is 4.47. The molecule has 19 heavy (non-hydrogen) atoms. The van der Waals surface area contributed by atoms with Gasteiger partial charge in [0.15, 0.2) is 5.82 Å². The molecule has 3 rings (SSSR count). The van der Waals surface area contributed by atoms with Crippen LogP contribution in [0.15, 0.2) is 0 Å². The van der Waals surface area contributed by atoms with Gasteiger partial charge in [-0.2, -0.15) is 0 Å². The Bertz CT molecular complexity index is 459. The second-order valence-corrected chi connectivity index (χ2v) is 5.97. The summed E-state index contributed by atoms with van der Waals surface area (Å²) >= 11 is 0. The number of carbonyl (C=O) groups is 1. The van der Waals surface area contributed by atoms with Crippen molar-refractivity contribution in [1.82, 2.24) is 20.2 Å². The van der Waals surface area contributed by atoms with Gasteiger partial charge in [0.2, 0.25) is 0 Å². The lowest BCUT2D eigenvalue weighted by Crippen LogP contribution is -2.36. The first-order valence-electron chi connectivity index (χ1n) is 7.21. The summed E-state index contributed by atoms with van der Waals surface area (Å²) in [7, 11) is 0. The third kappa shape index (κ3) is 2.48. The molecule has 0 atom stereocenters. The molecule has 6 heteroatoms. The van der Waals surface area contributed by atoms with E-state index in [0.717, 1.165) is 57.2 Å². The molecule has 0 radical (unpaired) electrons. The fourth-order valence-electron chi connectivity index (χ4n) is 3.09. The first-order chi connectivity index (χ1) is 9.21. The maximum Gasteiger partial charge on any atom is 0.311 e. The van der Waals surface area contributed by atoms with Crippen molar-refractivity contribution in [2.45, 2.75) is 63.8 Å². The Morgan fingerprint density at radius 1 is 1.26 bits per heavy atom. The van der Waals surface area contributed by atoms with E-state index in [9.17, 15) is 9.90 Å². The highest BCUT2D eigenvalue weighted by Crippen LogP contribution is 2.41. The standard InChI is InChI=1S/C13H20N4O2/c18-12(19)13(7-3-1-2-4-8-13)9-17-11(10-5-6-10)14-15-16-17/h10H,1-9H2,(H,18,19). The lowest BCUT2D eigenvalue weighted by Gasteiger charge is -2.27. The van der Waals surface area contributed by atoms with Crippen LogP contribution in [-0.2, 0) is 11.3 Å². The fraction of sp³-hybridized carbons (Fsp3) is 0.846. The van der Waals surface area contributed by atoms with E-state index in [1.54, 1.807) is 4.68 Å². The smallest absolute Gasteiger partial charge is 0.311 e. The van der Waals surface area contributed by atoms with Crippen molar-refractivity contribution in [3.05, 3.63) is 5.82 Å². The molecule has 0 spiro atoms. The summed E-state index contributed by atoms with van der Waals surface area (Å²) in [5.41, 5.74) is -0.671. The quantitative estimate of drug-likeness (QED) is 0.841. The predicted molar refractivity (Wildman–Crippen MR) is 67.6 cm³/mol. The van der Waals surface area contributed by atoms with Crippen molar-refractivity contribution in [3.63, 3.8) is 0 Å². The molecule has 1 aromatic rings. The van der Waals surface area contributed by atoms with Crippen LogP contribution in [-0.4, -0.2) is 31.3 Å². The van der Waals surface area contributed by atoms with E-state index in [1.807, 2.05) is 0 Å². The van der Waals surface area contributed by atoms with Gasteiger partial charge in [-0.1, -0.05) is 25.7 Å². The van der Waals surface area contributed by atoms with Crippen LogP contribution in [0, 0.1) is 5.41 Å². The molecule has 2 saturated carbocycles. The summed E-state index contributed by atoms with van der Waals surface area (Å²) in [6, 6.07) is 0. The number of tetrazole rings is 1. The van der Waals surface area contributed by atoms with Crippen molar-refractivity contribution >= 4 is 5.97 Å². The molecule has 104 valence electrons. The van der Waals surface area contributed by atoms with E-state index >= 15 is 0 Å². The van der Waals surface area contributed by atoms with Gasteiger partial charge in [0, 0.05) is 5.92 Å². The number of carboxylic acids is 1. The number of hydrogen-bond donors (Lipinski definition) is 1. The molecule has 0 aliphatic heterocycles. The predicted octanol–water partition coefficient (Wildman–Crippen LogP) is 1.98. The average molecular weight is 264 g/mol. The van der Waals surface area contributed by atoms with Gasteiger partial charge in [-0.3, -0.25) is 4.79 Å². The molecule has 0 bridgehead atoms. The minimum absolute atomic E-state index is 0.432. The zero-order chi connectivity index (χ0) is 13.3. The molecule has 1 aromatic heterocycles. The number of hydrogen-bond acceptors (Lipinski definition) is 4. The van der Waals surface area contributed by atoms with Gasteiger partial charge in [0.25, 0.3) is 0 Å². The van der Waals surface area contributed by atoms with Crippen LogP contribution in [0.3, 0.4) is 0 Å². The largest absolute Gasteiger partial charge is 0.481 e. The summed E-state index contributed by atoms with van der Waals surface area (Å²) in [4.78, 5) is 11.8. The van der Waals surface area contributed by atoms with Crippen molar-refractivity contribution in [3.8, 4) is 0 Å². The average Bonchev–Trinajstić information content (AvgIpc) is 3.16. The highest BCUT2D eigenvalue weighted by molar-refractivity contribution is 5.74. The van der Waals surface area contributed by atoms with Gasteiger partial charge >= 0.3 is 5.97 Å². The van der Waals surface area contributed by atoms with Crippen molar-refractivity contribution in [2.75, 3.05) is 0 Å². The number of aliphatic carboxylic acids is 1. The molecular weight excluding hydrogens is 244 g/mol. The van der Waals surface area contributed by atoms with E-state index in [2.05, 4.69) is 15.5 Å². The summed E-state index contributed by atoms with van der Waals surface area (Å²) < 4.78 is 1.75. The molecule has 1 heterocycles. The van der Waals surface area contributed by atoms with Crippen LogP contribution >= 0.6 is 0 Å². The molecule has 0 aromatic carbocycles. The van der Waals surface area contributed by atoms with Crippen molar-refractivity contribution in [2.24, 2.45) is 5.41 Å². The van der Waals surface area contributed by atoms with Gasteiger partial charge in [0.1, 0.15) is 0 Å². The van der Waals surface area contributed by atoms with Gasteiger partial charge in [-0.05, 0) is 36.1 Å². The van der Waals surface area contributed by atoms with E-state index in [-0.39, 0.29) is 0 Å². The van der Waals surface area contributed by atoms with Crippen LogP contribution in [0.2, 0.25) is 0 Å². The summed E-state index contributed by atoms with van der Waals surface area (Å²) in [5.74, 6) is 0.642. The SMILES string of the molecule is O=C(O)C1(Cn2nnnc2C2CC2)CCCCCC1. The third-order valence-corrected chi connectivity index (χ3v) is 4.47. The van der Waals surface area contributed by atoms with Crippen molar-refractivity contribution in [1.29, 1.82) is 0 Å². The molecule has 0 saturated heterocycles. The number of rotatable bonds is 4. The normalized spacial score (nSPS) is 22.9. The van der Waals surface area contributed by atoms with E-state index in [0.29, 0.717) is 12.5 Å².